The number of para-hydroxylation sites is 1. The van der Waals surface area contributed by atoms with Crippen LogP contribution in [0.25, 0.3) is 10.9 Å². The fourth-order valence-electron chi connectivity index (χ4n) is 3.85. The number of fused-ring (bicyclic) bond motifs is 1. The molecule has 1 aromatic carbocycles. The maximum atomic E-state index is 12.3. The van der Waals surface area contributed by atoms with Gasteiger partial charge in [-0.3, -0.25) is 4.79 Å². The van der Waals surface area contributed by atoms with Crippen LogP contribution in [0.3, 0.4) is 0 Å². The molecule has 0 spiro atoms. The summed E-state index contributed by atoms with van der Waals surface area (Å²) in [5.74, 6) is 0.893. The van der Waals surface area contributed by atoms with Crippen LogP contribution in [0, 0.1) is 5.92 Å². The summed E-state index contributed by atoms with van der Waals surface area (Å²) in [5.41, 5.74) is 3.44. The van der Waals surface area contributed by atoms with Gasteiger partial charge in [-0.2, -0.15) is 0 Å². The van der Waals surface area contributed by atoms with Crippen molar-refractivity contribution >= 4 is 28.3 Å². The van der Waals surface area contributed by atoms with Crippen molar-refractivity contribution in [3.63, 3.8) is 0 Å². The third kappa shape index (κ3) is 4.30. The van der Waals surface area contributed by atoms with E-state index >= 15 is 0 Å². The van der Waals surface area contributed by atoms with Crippen molar-refractivity contribution in [1.29, 1.82) is 0 Å². The maximum absolute atomic E-state index is 12.3. The number of carbonyl (C=O) groups excluding carboxylic acids is 1. The van der Waals surface area contributed by atoms with Gasteiger partial charge in [0, 0.05) is 29.6 Å². The van der Waals surface area contributed by atoms with E-state index in [1.807, 2.05) is 18.2 Å². The fraction of sp³-hybridized carbons (Fsp3) is 0.364. The first-order chi connectivity index (χ1) is 13.3. The summed E-state index contributed by atoms with van der Waals surface area (Å²) in [5, 5.41) is 7.63. The molecule has 5 heteroatoms. The lowest BCUT2D eigenvalue weighted by Crippen LogP contribution is -2.25. The van der Waals surface area contributed by atoms with Crippen LogP contribution in [0.1, 0.15) is 37.7 Å². The molecule has 2 aromatic heterocycles. The molecule has 0 atom stereocenters. The first-order valence-corrected chi connectivity index (χ1v) is 9.85. The Balaban J connectivity index is 1.28. The molecule has 1 aliphatic rings. The highest BCUT2D eigenvalue weighted by atomic mass is 16.1. The van der Waals surface area contributed by atoms with Crippen molar-refractivity contribution in [2.75, 3.05) is 17.2 Å². The number of aromatic amines is 1. The van der Waals surface area contributed by atoms with E-state index in [-0.39, 0.29) is 11.8 Å². The topological polar surface area (TPSA) is 69.8 Å². The second kappa shape index (κ2) is 8.25. The van der Waals surface area contributed by atoms with Crippen LogP contribution < -0.4 is 10.6 Å². The molecule has 3 aromatic rings. The third-order valence-electron chi connectivity index (χ3n) is 5.39. The third-order valence-corrected chi connectivity index (χ3v) is 5.39. The number of carbonyl (C=O) groups is 1. The molecule has 1 aliphatic carbocycles. The van der Waals surface area contributed by atoms with Crippen LogP contribution in [-0.4, -0.2) is 22.4 Å². The molecule has 1 amide bonds. The molecule has 0 unspecified atom stereocenters. The Hall–Kier alpha value is -2.82. The van der Waals surface area contributed by atoms with Gasteiger partial charge < -0.3 is 15.6 Å². The molecule has 4 rings (SSSR count). The minimum atomic E-state index is 0.113. The van der Waals surface area contributed by atoms with E-state index < -0.39 is 0 Å². The van der Waals surface area contributed by atoms with E-state index in [0.717, 1.165) is 44.3 Å². The number of rotatable bonds is 6. The molecule has 0 radical (unpaired) electrons. The van der Waals surface area contributed by atoms with Crippen LogP contribution >= 0.6 is 0 Å². The van der Waals surface area contributed by atoms with Crippen LogP contribution in [0.4, 0.5) is 11.5 Å². The lowest BCUT2D eigenvalue weighted by molar-refractivity contribution is -0.120. The summed E-state index contributed by atoms with van der Waals surface area (Å²) in [4.78, 5) is 20.0. The second-order valence-electron chi connectivity index (χ2n) is 7.29. The molecule has 0 aliphatic heterocycles. The molecule has 0 bridgehead atoms. The number of aromatic nitrogens is 2. The van der Waals surface area contributed by atoms with Gasteiger partial charge in [0.2, 0.25) is 5.91 Å². The van der Waals surface area contributed by atoms with Gasteiger partial charge in [0.15, 0.2) is 0 Å². The van der Waals surface area contributed by atoms with Gasteiger partial charge in [0.25, 0.3) is 0 Å². The summed E-state index contributed by atoms with van der Waals surface area (Å²) in [6.45, 7) is 0.831. The van der Waals surface area contributed by atoms with Gasteiger partial charge in [0.1, 0.15) is 5.82 Å². The number of amides is 1. The molecular weight excluding hydrogens is 336 g/mol. The average Bonchev–Trinajstić information content (AvgIpc) is 3.13. The molecule has 140 valence electrons. The number of hydrogen-bond donors (Lipinski definition) is 3. The number of nitrogens with one attached hydrogen (secondary N) is 3. The Labute approximate surface area is 159 Å². The molecular formula is C22H26N4O. The number of pyridine rings is 1. The Morgan fingerprint density at radius 1 is 1.11 bits per heavy atom. The van der Waals surface area contributed by atoms with Crippen molar-refractivity contribution in [2.24, 2.45) is 5.92 Å². The monoisotopic (exact) mass is 362 g/mol. The quantitative estimate of drug-likeness (QED) is 0.593. The highest BCUT2D eigenvalue weighted by Gasteiger charge is 2.21. The smallest absolute Gasteiger partial charge is 0.228 e. The van der Waals surface area contributed by atoms with Crippen molar-refractivity contribution < 1.29 is 4.79 Å². The summed E-state index contributed by atoms with van der Waals surface area (Å²) in [7, 11) is 0. The molecule has 2 heterocycles. The Kier molecular flexibility index (Phi) is 5.37. The summed E-state index contributed by atoms with van der Waals surface area (Å²) in [6.07, 6.45) is 10.4. The predicted molar refractivity (Wildman–Crippen MR) is 110 cm³/mol. The molecule has 1 fully saturated rings. The minimum Gasteiger partial charge on any atom is -0.383 e. The zero-order valence-corrected chi connectivity index (χ0v) is 15.5. The average molecular weight is 362 g/mol. The van der Waals surface area contributed by atoms with E-state index in [1.165, 1.54) is 22.9 Å². The highest BCUT2D eigenvalue weighted by Crippen LogP contribution is 2.25. The number of benzene rings is 1. The molecule has 1 saturated carbocycles. The number of anilines is 2. The SMILES string of the molecule is O=C(Nc1ccc(NCCc2c[nH]c3ccccc23)cn1)C1CCCCC1. The van der Waals surface area contributed by atoms with Gasteiger partial charge >= 0.3 is 0 Å². The van der Waals surface area contributed by atoms with Gasteiger partial charge in [-0.05, 0) is 43.0 Å². The van der Waals surface area contributed by atoms with E-state index in [1.54, 1.807) is 6.20 Å². The van der Waals surface area contributed by atoms with Gasteiger partial charge in [-0.1, -0.05) is 37.5 Å². The predicted octanol–water partition coefficient (Wildman–Crippen LogP) is 4.74. The Morgan fingerprint density at radius 3 is 2.78 bits per heavy atom. The summed E-state index contributed by atoms with van der Waals surface area (Å²) >= 11 is 0. The highest BCUT2D eigenvalue weighted by molar-refractivity contribution is 5.91. The number of hydrogen-bond acceptors (Lipinski definition) is 3. The van der Waals surface area contributed by atoms with Crippen molar-refractivity contribution in [3.8, 4) is 0 Å². The fourth-order valence-corrected chi connectivity index (χ4v) is 3.85. The molecule has 0 saturated heterocycles. The number of nitrogens with zero attached hydrogens (tertiary/aromatic N) is 1. The zero-order chi connectivity index (χ0) is 18.5. The van der Waals surface area contributed by atoms with Gasteiger partial charge in [-0.25, -0.2) is 4.98 Å². The largest absolute Gasteiger partial charge is 0.383 e. The first-order valence-electron chi connectivity index (χ1n) is 9.85. The standard InChI is InChI=1S/C22H26N4O/c27-22(16-6-2-1-3-7-16)26-21-11-10-18(15-25-21)23-13-12-17-14-24-20-9-5-4-8-19(17)20/h4-5,8-11,14-16,23-24H,1-3,6-7,12-13H2,(H,25,26,27). The van der Waals surface area contributed by atoms with Crippen LogP contribution in [0.5, 0.6) is 0 Å². The van der Waals surface area contributed by atoms with Gasteiger partial charge in [-0.15, -0.1) is 0 Å². The van der Waals surface area contributed by atoms with E-state index in [2.05, 4.69) is 45.0 Å². The molecule has 3 N–H and O–H groups in total. The zero-order valence-electron chi connectivity index (χ0n) is 15.5. The Morgan fingerprint density at radius 2 is 1.96 bits per heavy atom. The van der Waals surface area contributed by atoms with Crippen molar-refractivity contribution in [3.05, 3.63) is 54.4 Å². The normalized spacial score (nSPS) is 15.0. The van der Waals surface area contributed by atoms with Crippen LogP contribution in [-0.2, 0) is 11.2 Å². The van der Waals surface area contributed by atoms with Crippen molar-refractivity contribution in [1.82, 2.24) is 9.97 Å². The van der Waals surface area contributed by atoms with Crippen molar-refractivity contribution in [2.45, 2.75) is 38.5 Å². The Bertz CT molecular complexity index is 894. The van der Waals surface area contributed by atoms with Crippen LogP contribution in [0.2, 0.25) is 0 Å². The lowest BCUT2D eigenvalue weighted by Gasteiger charge is -2.20. The molecule has 27 heavy (non-hydrogen) atoms. The maximum Gasteiger partial charge on any atom is 0.228 e. The van der Waals surface area contributed by atoms with E-state index in [4.69, 9.17) is 0 Å². The van der Waals surface area contributed by atoms with E-state index in [9.17, 15) is 4.79 Å². The number of H-pyrrole nitrogens is 1. The second-order valence-corrected chi connectivity index (χ2v) is 7.29. The summed E-state index contributed by atoms with van der Waals surface area (Å²) < 4.78 is 0. The van der Waals surface area contributed by atoms with Crippen LogP contribution in [0.15, 0.2) is 48.8 Å². The lowest BCUT2D eigenvalue weighted by atomic mass is 9.89. The van der Waals surface area contributed by atoms with E-state index in [0.29, 0.717) is 5.82 Å². The molecule has 5 nitrogen and oxygen atoms in total. The van der Waals surface area contributed by atoms with Gasteiger partial charge in [0.05, 0.1) is 11.9 Å². The summed E-state index contributed by atoms with van der Waals surface area (Å²) in [6, 6.07) is 12.2. The first kappa shape index (κ1) is 17.6. The minimum absolute atomic E-state index is 0.113.